The van der Waals surface area contributed by atoms with E-state index in [1.165, 1.54) is 11.1 Å². The van der Waals surface area contributed by atoms with Crippen molar-refractivity contribution in [2.45, 2.75) is 33.0 Å². The smallest absolute Gasteiger partial charge is 0.279 e. The highest BCUT2D eigenvalue weighted by Gasteiger charge is 2.31. The van der Waals surface area contributed by atoms with Gasteiger partial charge in [0.15, 0.2) is 0 Å². The van der Waals surface area contributed by atoms with E-state index in [2.05, 4.69) is 33.5 Å². The van der Waals surface area contributed by atoms with E-state index in [1.54, 1.807) is 4.90 Å². The first kappa shape index (κ1) is 18.6. The molecule has 0 fully saturated rings. The van der Waals surface area contributed by atoms with E-state index in [9.17, 15) is 9.59 Å². The fourth-order valence-corrected chi connectivity index (χ4v) is 4.46. The number of benzene rings is 2. The quantitative estimate of drug-likeness (QED) is 0.678. The van der Waals surface area contributed by atoms with Gasteiger partial charge in [-0.2, -0.15) is 4.98 Å². The average Bonchev–Trinajstić information content (AvgIpc) is 3.18. The molecule has 30 heavy (non-hydrogen) atoms. The van der Waals surface area contributed by atoms with Crippen molar-refractivity contribution in [2.75, 3.05) is 18.0 Å². The molecule has 152 valence electrons. The van der Waals surface area contributed by atoms with Crippen molar-refractivity contribution in [3.8, 4) is 0 Å². The third kappa shape index (κ3) is 3.18. The zero-order valence-electron chi connectivity index (χ0n) is 17.0. The molecule has 0 aliphatic carbocycles. The van der Waals surface area contributed by atoms with Gasteiger partial charge in [0.25, 0.3) is 11.5 Å². The topological polar surface area (TPSA) is 58.4 Å². The number of carbonyl (C=O) groups excluding carboxylic acids is 1. The van der Waals surface area contributed by atoms with Crippen LogP contribution < -0.4 is 10.5 Å². The number of carbonyl (C=O) groups is 1. The number of aromatic nitrogens is 2. The second-order valence-electron chi connectivity index (χ2n) is 7.98. The highest BCUT2D eigenvalue weighted by atomic mass is 16.2. The largest absolute Gasteiger partial charge is 0.336 e. The minimum Gasteiger partial charge on any atom is -0.336 e. The van der Waals surface area contributed by atoms with Crippen LogP contribution in [-0.2, 0) is 26.1 Å². The van der Waals surface area contributed by atoms with Gasteiger partial charge in [0, 0.05) is 43.9 Å². The van der Waals surface area contributed by atoms with E-state index < -0.39 is 0 Å². The van der Waals surface area contributed by atoms with Crippen LogP contribution in [0.4, 0.5) is 5.95 Å². The van der Waals surface area contributed by atoms with Gasteiger partial charge in [0.05, 0.1) is 12.1 Å². The van der Waals surface area contributed by atoms with Crippen molar-refractivity contribution in [3.05, 3.63) is 92.9 Å². The number of hydrogen-bond acceptors (Lipinski definition) is 4. The molecule has 1 amide bonds. The van der Waals surface area contributed by atoms with Crippen LogP contribution in [0.15, 0.2) is 59.4 Å². The zero-order chi connectivity index (χ0) is 20.7. The Morgan fingerprint density at radius 1 is 1.00 bits per heavy atom. The van der Waals surface area contributed by atoms with Gasteiger partial charge in [-0.05, 0) is 30.2 Å². The van der Waals surface area contributed by atoms with Crippen molar-refractivity contribution < 1.29 is 4.79 Å². The van der Waals surface area contributed by atoms with Gasteiger partial charge in [-0.25, -0.2) is 0 Å². The first-order valence-corrected chi connectivity index (χ1v) is 10.4. The summed E-state index contributed by atoms with van der Waals surface area (Å²) in [6.07, 6.45) is 0.677. The SMILES string of the molecule is Cc1ccccc1CN1CCn2c1nc(=O)c1c2CCN(C(=O)c2ccccc2)C1. The third-order valence-corrected chi connectivity index (χ3v) is 6.15. The normalized spacial score (nSPS) is 15.1. The number of fused-ring (bicyclic) bond motifs is 3. The van der Waals surface area contributed by atoms with E-state index in [4.69, 9.17) is 0 Å². The zero-order valence-corrected chi connectivity index (χ0v) is 17.0. The molecule has 6 heteroatoms. The maximum absolute atomic E-state index is 12.9. The Balaban J connectivity index is 1.43. The Morgan fingerprint density at radius 2 is 1.77 bits per heavy atom. The highest BCUT2D eigenvalue weighted by molar-refractivity contribution is 5.94. The molecule has 0 unspecified atom stereocenters. The second kappa shape index (κ2) is 7.44. The first-order valence-electron chi connectivity index (χ1n) is 10.4. The summed E-state index contributed by atoms with van der Waals surface area (Å²) >= 11 is 0. The summed E-state index contributed by atoms with van der Waals surface area (Å²) < 4.78 is 2.18. The summed E-state index contributed by atoms with van der Waals surface area (Å²) in [7, 11) is 0. The fourth-order valence-electron chi connectivity index (χ4n) is 4.46. The molecule has 2 aliphatic rings. The molecule has 0 N–H and O–H groups in total. The minimum atomic E-state index is -0.210. The molecule has 3 aromatic rings. The Kier molecular flexibility index (Phi) is 4.62. The first-order chi connectivity index (χ1) is 14.6. The Hall–Kier alpha value is -3.41. The van der Waals surface area contributed by atoms with Crippen molar-refractivity contribution in [1.29, 1.82) is 0 Å². The number of amides is 1. The molecular weight excluding hydrogens is 376 g/mol. The monoisotopic (exact) mass is 400 g/mol. The maximum Gasteiger partial charge on any atom is 0.279 e. The lowest BCUT2D eigenvalue weighted by atomic mass is 10.0. The van der Waals surface area contributed by atoms with E-state index in [1.807, 2.05) is 42.5 Å². The standard InChI is InChI=1S/C24H24N4O2/c1-17-7-5-6-10-19(17)15-27-13-14-28-21-11-12-26(16-20(21)22(29)25-24(27)28)23(30)18-8-3-2-4-9-18/h2-10H,11-16H2,1H3. The molecule has 1 aromatic heterocycles. The Bertz CT molecular complexity index is 1170. The second-order valence-corrected chi connectivity index (χ2v) is 7.98. The van der Waals surface area contributed by atoms with Gasteiger partial charge in [0.2, 0.25) is 5.95 Å². The fraction of sp³-hybridized carbons (Fsp3) is 0.292. The van der Waals surface area contributed by atoms with Gasteiger partial charge in [0.1, 0.15) is 0 Å². The molecule has 5 rings (SSSR count). The van der Waals surface area contributed by atoms with Crippen LogP contribution in [0.2, 0.25) is 0 Å². The molecule has 3 heterocycles. The summed E-state index contributed by atoms with van der Waals surface area (Å²) in [4.78, 5) is 34.1. The van der Waals surface area contributed by atoms with E-state index >= 15 is 0 Å². The van der Waals surface area contributed by atoms with Gasteiger partial charge in [-0.15, -0.1) is 0 Å². The van der Waals surface area contributed by atoms with E-state index in [0.717, 1.165) is 31.3 Å². The molecule has 0 bridgehead atoms. The average molecular weight is 400 g/mol. The van der Waals surface area contributed by atoms with Gasteiger partial charge in [-0.1, -0.05) is 42.5 Å². The molecular formula is C24H24N4O2. The van der Waals surface area contributed by atoms with E-state index in [0.29, 0.717) is 30.6 Å². The molecule has 2 aliphatic heterocycles. The predicted octanol–water partition coefficient (Wildman–Crippen LogP) is 2.77. The van der Waals surface area contributed by atoms with Crippen LogP contribution in [0.3, 0.4) is 0 Å². The van der Waals surface area contributed by atoms with E-state index in [-0.39, 0.29) is 11.5 Å². The molecule has 0 saturated heterocycles. The van der Waals surface area contributed by atoms with Gasteiger partial charge < -0.3 is 14.4 Å². The lowest BCUT2D eigenvalue weighted by molar-refractivity contribution is 0.0731. The van der Waals surface area contributed by atoms with Crippen LogP contribution in [0, 0.1) is 6.92 Å². The Morgan fingerprint density at radius 3 is 2.57 bits per heavy atom. The molecule has 0 spiro atoms. The summed E-state index contributed by atoms with van der Waals surface area (Å²) in [6, 6.07) is 17.6. The van der Waals surface area contributed by atoms with Crippen molar-refractivity contribution in [2.24, 2.45) is 0 Å². The summed E-state index contributed by atoms with van der Waals surface area (Å²) in [6.45, 7) is 5.45. The van der Waals surface area contributed by atoms with Crippen molar-refractivity contribution >= 4 is 11.9 Å². The summed E-state index contributed by atoms with van der Waals surface area (Å²) in [5.41, 5.74) is 4.63. The predicted molar refractivity (Wildman–Crippen MR) is 116 cm³/mol. The van der Waals surface area contributed by atoms with Crippen molar-refractivity contribution in [3.63, 3.8) is 0 Å². The minimum absolute atomic E-state index is 0.0349. The number of hydrogen-bond donors (Lipinski definition) is 0. The van der Waals surface area contributed by atoms with Crippen LogP contribution in [0.5, 0.6) is 0 Å². The number of aryl methyl sites for hydroxylation is 1. The molecule has 0 radical (unpaired) electrons. The van der Waals surface area contributed by atoms with Gasteiger partial charge in [-0.3, -0.25) is 9.59 Å². The lowest BCUT2D eigenvalue weighted by Crippen LogP contribution is -2.40. The molecule has 2 aromatic carbocycles. The van der Waals surface area contributed by atoms with Crippen LogP contribution >= 0.6 is 0 Å². The van der Waals surface area contributed by atoms with Crippen LogP contribution in [-0.4, -0.2) is 33.4 Å². The van der Waals surface area contributed by atoms with Crippen LogP contribution in [0.25, 0.3) is 0 Å². The highest BCUT2D eigenvalue weighted by Crippen LogP contribution is 2.27. The molecule has 6 nitrogen and oxygen atoms in total. The van der Waals surface area contributed by atoms with Gasteiger partial charge >= 0.3 is 0 Å². The number of anilines is 1. The number of nitrogens with zero attached hydrogens (tertiary/aromatic N) is 4. The molecule has 0 atom stereocenters. The maximum atomic E-state index is 12.9. The molecule has 0 saturated carbocycles. The third-order valence-electron chi connectivity index (χ3n) is 6.15. The summed E-state index contributed by atoms with van der Waals surface area (Å²) in [5, 5.41) is 0. The Labute approximate surface area is 175 Å². The number of rotatable bonds is 3. The van der Waals surface area contributed by atoms with Crippen LogP contribution in [0.1, 0.15) is 32.7 Å². The van der Waals surface area contributed by atoms with Crippen molar-refractivity contribution in [1.82, 2.24) is 14.5 Å². The summed E-state index contributed by atoms with van der Waals surface area (Å²) in [5.74, 6) is 0.720. The lowest BCUT2D eigenvalue weighted by Gasteiger charge is -2.30.